The van der Waals surface area contributed by atoms with Crippen molar-refractivity contribution in [3.63, 3.8) is 0 Å². The summed E-state index contributed by atoms with van der Waals surface area (Å²) in [6.07, 6.45) is 5.89. The third-order valence-electron chi connectivity index (χ3n) is 3.77. The van der Waals surface area contributed by atoms with Crippen LogP contribution in [-0.4, -0.2) is 51.0 Å². The van der Waals surface area contributed by atoms with Crippen molar-refractivity contribution in [2.24, 2.45) is 4.99 Å². The summed E-state index contributed by atoms with van der Waals surface area (Å²) in [6.45, 7) is 8.12. The summed E-state index contributed by atoms with van der Waals surface area (Å²) in [7, 11) is 0. The van der Waals surface area contributed by atoms with Crippen LogP contribution in [-0.2, 0) is 6.54 Å². The quantitative estimate of drug-likeness (QED) is 0.147. The van der Waals surface area contributed by atoms with Gasteiger partial charge in [0.15, 0.2) is 5.96 Å². The molecule has 0 amide bonds. The molecule has 0 saturated carbocycles. The van der Waals surface area contributed by atoms with Gasteiger partial charge >= 0.3 is 5.69 Å². The van der Waals surface area contributed by atoms with Crippen LogP contribution in [0.2, 0.25) is 0 Å². The Morgan fingerprint density at radius 1 is 1.35 bits per heavy atom. The van der Waals surface area contributed by atoms with Crippen molar-refractivity contribution < 1.29 is 10.0 Å². The number of halogens is 1. The van der Waals surface area contributed by atoms with E-state index in [1.807, 2.05) is 6.92 Å². The number of rotatable bonds is 11. The van der Waals surface area contributed by atoms with Crippen LogP contribution in [0.4, 0.5) is 5.69 Å². The molecule has 0 unspecified atom stereocenters. The van der Waals surface area contributed by atoms with Crippen molar-refractivity contribution >= 4 is 35.6 Å². The Bertz CT molecular complexity index is 558. The van der Waals surface area contributed by atoms with Crippen LogP contribution in [0.1, 0.15) is 46.5 Å². The number of hydrogen-bond donors (Lipinski definition) is 3. The van der Waals surface area contributed by atoms with Crippen LogP contribution >= 0.6 is 24.0 Å². The Kier molecular flexibility index (Phi) is 12.1. The SMILES string of the molecule is CCCC(O)(CCC)CN=C(NCC)NCCn1cc([N+](=O)[O-])cn1.I. The van der Waals surface area contributed by atoms with Crippen LogP contribution < -0.4 is 10.6 Å². The number of nitrogens with one attached hydrogen (secondary N) is 2. The van der Waals surface area contributed by atoms with Gasteiger partial charge < -0.3 is 15.7 Å². The van der Waals surface area contributed by atoms with Gasteiger partial charge in [0.2, 0.25) is 0 Å². The van der Waals surface area contributed by atoms with Crippen LogP contribution in [0.25, 0.3) is 0 Å². The lowest BCUT2D eigenvalue weighted by molar-refractivity contribution is -0.385. The van der Waals surface area contributed by atoms with Crippen molar-refractivity contribution in [2.45, 2.75) is 58.6 Å². The molecule has 3 N–H and O–H groups in total. The maximum Gasteiger partial charge on any atom is 0.306 e. The summed E-state index contributed by atoms with van der Waals surface area (Å²) < 4.78 is 1.51. The highest BCUT2D eigenvalue weighted by molar-refractivity contribution is 14.0. The molecule has 0 bridgehead atoms. The molecule has 0 saturated heterocycles. The molecule has 1 aromatic rings. The number of aliphatic imine (C=N–C) groups is 1. The number of aromatic nitrogens is 2. The van der Waals surface area contributed by atoms with Gasteiger partial charge in [-0.3, -0.25) is 19.8 Å². The van der Waals surface area contributed by atoms with E-state index in [4.69, 9.17) is 0 Å². The van der Waals surface area contributed by atoms with Crippen molar-refractivity contribution in [3.05, 3.63) is 22.5 Å². The van der Waals surface area contributed by atoms with Crippen molar-refractivity contribution in [3.8, 4) is 0 Å². The van der Waals surface area contributed by atoms with Crippen molar-refractivity contribution in [1.29, 1.82) is 0 Å². The van der Waals surface area contributed by atoms with Gasteiger partial charge in [0, 0.05) is 13.1 Å². The first kappa shape index (κ1) is 24.6. The molecule has 0 radical (unpaired) electrons. The van der Waals surface area contributed by atoms with Gasteiger partial charge in [-0.25, -0.2) is 0 Å². The van der Waals surface area contributed by atoms with E-state index >= 15 is 0 Å². The minimum atomic E-state index is -0.769. The summed E-state index contributed by atoms with van der Waals surface area (Å²) in [5.74, 6) is 0.620. The molecule has 0 aliphatic rings. The number of nitro groups is 1. The average Bonchev–Trinajstić information content (AvgIpc) is 3.02. The van der Waals surface area contributed by atoms with E-state index in [1.165, 1.54) is 17.1 Å². The molecule has 0 aromatic carbocycles. The zero-order valence-corrected chi connectivity index (χ0v) is 18.1. The summed E-state index contributed by atoms with van der Waals surface area (Å²) in [5.41, 5.74) is -0.793. The van der Waals surface area contributed by atoms with Gasteiger partial charge in [0.25, 0.3) is 0 Å². The predicted molar refractivity (Wildman–Crippen MR) is 113 cm³/mol. The molecular weight excluding hydrogens is 451 g/mol. The third kappa shape index (κ3) is 8.79. The largest absolute Gasteiger partial charge is 0.388 e. The van der Waals surface area contributed by atoms with E-state index in [1.54, 1.807) is 0 Å². The lowest BCUT2D eigenvalue weighted by Gasteiger charge is -2.26. The fourth-order valence-corrected chi connectivity index (χ4v) is 2.64. The first-order valence-electron chi connectivity index (χ1n) is 8.85. The Morgan fingerprint density at radius 2 is 2.00 bits per heavy atom. The fourth-order valence-electron chi connectivity index (χ4n) is 2.64. The maximum absolute atomic E-state index is 10.7. The molecule has 1 rings (SSSR count). The van der Waals surface area contributed by atoms with Crippen LogP contribution in [0, 0.1) is 10.1 Å². The number of aliphatic hydroxyl groups is 1. The fraction of sp³-hybridized carbons (Fsp3) is 0.750. The molecule has 0 aliphatic carbocycles. The highest BCUT2D eigenvalue weighted by atomic mass is 127. The Morgan fingerprint density at radius 3 is 2.50 bits per heavy atom. The molecule has 150 valence electrons. The van der Waals surface area contributed by atoms with E-state index < -0.39 is 10.5 Å². The first-order valence-corrected chi connectivity index (χ1v) is 8.85. The molecule has 10 heteroatoms. The monoisotopic (exact) mass is 482 g/mol. The van der Waals surface area contributed by atoms with E-state index in [9.17, 15) is 15.2 Å². The molecule has 0 atom stereocenters. The molecule has 26 heavy (non-hydrogen) atoms. The average molecular weight is 482 g/mol. The number of hydrogen-bond acceptors (Lipinski definition) is 5. The second-order valence-electron chi connectivity index (χ2n) is 6.06. The smallest absolute Gasteiger partial charge is 0.306 e. The van der Waals surface area contributed by atoms with Gasteiger partial charge in [-0.05, 0) is 19.8 Å². The van der Waals surface area contributed by atoms with Gasteiger partial charge in [-0.15, -0.1) is 24.0 Å². The van der Waals surface area contributed by atoms with Gasteiger partial charge in [-0.2, -0.15) is 5.10 Å². The van der Waals surface area contributed by atoms with Crippen LogP contribution in [0.15, 0.2) is 17.4 Å². The maximum atomic E-state index is 10.7. The first-order chi connectivity index (χ1) is 11.9. The minimum absolute atomic E-state index is 0. The minimum Gasteiger partial charge on any atom is -0.388 e. The zero-order valence-electron chi connectivity index (χ0n) is 15.8. The second kappa shape index (κ2) is 12.8. The van der Waals surface area contributed by atoms with Crippen molar-refractivity contribution in [2.75, 3.05) is 19.6 Å². The number of guanidine groups is 1. The highest BCUT2D eigenvalue weighted by Crippen LogP contribution is 2.19. The van der Waals surface area contributed by atoms with Gasteiger partial charge in [0.05, 0.1) is 23.6 Å². The van der Waals surface area contributed by atoms with E-state index in [0.717, 1.165) is 25.7 Å². The standard InChI is InChI=1S/C16H30N6O3.HI/c1-4-7-16(23,8-5-2)13-19-15(17-6-3)18-9-10-21-12-14(11-20-21)22(24)25;/h11-12,23H,4-10,13H2,1-3H3,(H2,17,18,19);1H. The molecule has 1 heterocycles. The Labute approximate surface area is 171 Å². The second-order valence-corrected chi connectivity index (χ2v) is 6.06. The molecule has 0 fully saturated rings. The molecule has 0 spiro atoms. The van der Waals surface area contributed by atoms with Crippen molar-refractivity contribution in [1.82, 2.24) is 20.4 Å². The topological polar surface area (TPSA) is 118 Å². The van der Waals surface area contributed by atoms with Crippen LogP contribution in [0.5, 0.6) is 0 Å². The van der Waals surface area contributed by atoms with Crippen LogP contribution in [0.3, 0.4) is 0 Å². The molecular formula is C16H31IN6O3. The number of nitrogens with zero attached hydrogens (tertiary/aromatic N) is 4. The normalized spacial score (nSPS) is 11.8. The third-order valence-corrected chi connectivity index (χ3v) is 3.77. The predicted octanol–water partition coefficient (Wildman–Crippen LogP) is 2.30. The summed E-state index contributed by atoms with van der Waals surface area (Å²) in [6, 6.07) is 0. The lowest BCUT2D eigenvalue weighted by Crippen LogP contribution is -2.41. The molecule has 1 aromatic heterocycles. The van der Waals surface area contributed by atoms with Gasteiger partial charge in [-0.1, -0.05) is 26.7 Å². The molecule has 0 aliphatic heterocycles. The summed E-state index contributed by atoms with van der Waals surface area (Å²) in [4.78, 5) is 14.7. The lowest BCUT2D eigenvalue weighted by atomic mass is 9.93. The summed E-state index contributed by atoms with van der Waals surface area (Å²) >= 11 is 0. The van der Waals surface area contributed by atoms with E-state index in [-0.39, 0.29) is 29.7 Å². The highest BCUT2D eigenvalue weighted by Gasteiger charge is 2.24. The summed E-state index contributed by atoms with van der Waals surface area (Å²) in [5, 5.41) is 31.5. The Hall–Kier alpha value is -1.43. The Balaban J connectivity index is 0.00000625. The zero-order chi connectivity index (χ0) is 18.7. The van der Waals surface area contributed by atoms with E-state index in [2.05, 4.69) is 34.6 Å². The van der Waals surface area contributed by atoms with Gasteiger partial charge in [0.1, 0.15) is 12.4 Å². The molecule has 9 nitrogen and oxygen atoms in total. The van der Waals surface area contributed by atoms with E-state index in [0.29, 0.717) is 32.1 Å².